The van der Waals surface area contributed by atoms with E-state index in [0.717, 1.165) is 11.1 Å². The van der Waals surface area contributed by atoms with Gasteiger partial charge in [0.2, 0.25) is 10.0 Å². The Hall–Kier alpha value is -2.42. The van der Waals surface area contributed by atoms with Gasteiger partial charge in [0.05, 0.1) is 19.0 Å². The molecule has 0 aliphatic carbocycles. The zero-order chi connectivity index (χ0) is 21.7. The summed E-state index contributed by atoms with van der Waals surface area (Å²) in [5.74, 6) is 0.822. The number of ether oxygens (including phenoxy) is 1. The molecule has 0 spiro atoms. The van der Waals surface area contributed by atoms with Crippen molar-refractivity contribution in [2.24, 2.45) is 10.9 Å². The maximum Gasteiger partial charge on any atom is 0.213 e. The van der Waals surface area contributed by atoms with E-state index in [1.165, 1.54) is 0 Å². The average molecular weight is 433 g/mol. The van der Waals surface area contributed by atoms with E-state index in [1.807, 2.05) is 60.7 Å². The number of hydrogen-bond acceptors (Lipinski definition) is 4. The summed E-state index contributed by atoms with van der Waals surface area (Å²) in [5.41, 5.74) is 2.08. The zero-order valence-electron chi connectivity index (χ0n) is 17.7. The van der Waals surface area contributed by atoms with Crippen LogP contribution in [-0.2, 0) is 27.9 Å². The fourth-order valence-corrected chi connectivity index (χ4v) is 3.57. The number of aliphatic imine (C=N–C) groups is 1. The molecule has 30 heavy (non-hydrogen) atoms. The lowest BCUT2D eigenvalue weighted by Crippen LogP contribution is -2.42. The van der Waals surface area contributed by atoms with Gasteiger partial charge in [-0.15, -0.1) is 0 Å². The van der Waals surface area contributed by atoms with Crippen molar-refractivity contribution < 1.29 is 13.2 Å². The minimum Gasteiger partial charge on any atom is -0.376 e. The SMILES string of the molecule is CN=C(NCCS(=O)(=O)NCc1ccccc1)NCC(C)COCc1ccccc1. The molecule has 0 saturated carbocycles. The molecule has 1 atom stereocenters. The summed E-state index contributed by atoms with van der Waals surface area (Å²) in [5, 5.41) is 6.25. The predicted molar refractivity (Wildman–Crippen MR) is 122 cm³/mol. The lowest BCUT2D eigenvalue weighted by molar-refractivity contribution is 0.0931. The van der Waals surface area contributed by atoms with Gasteiger partial charge in [-0.1, -0.05) is 67.6 Å². The summed E-state index contributed by atoms with van der Waals surface area (Å²) in [6.07, 6.45) is 0. The Morgan fingerprint density at radius 1 is 1.00 bits per heavy atom. The molecule has 0 amide bonds. The number of benzene rings is 2. The molecular formula is C22H32N4O3S. The highest BCUT2D eigenvalue weighted by molar-refractivity contribution is 7.89. The normalized spacial score (nSPS) is 13.1. The first kappa shape index (κ1) is 23.9. The summed E-state index contributed by atoms with van der Waals surface area (Å²) in [7, 11) is -1.71. The summed E-state index contributed by atoms with van der Waals surface area (Å²) in [6, 6.07) is 19.5. The summed E-state index contributed by atoms with van der Waals surface area (Å²) in [4.78, 5) is 4.14. The number of guanidine groups is 1. The maximum absolute atomic E-state index is 12.1. The Morgan fingerprint density at radius 3 is 2.27 bits per heavy atom. The smallest absolute Gasteiger partial charge is 0.213 e. The van der Waals surface area contributed by atoms with E-state index in [1.54, 1.807) is 7.05 Å². The first-order valence-corrected chi connectivity index (χ1v) is 11.7. The Balaban J connectivity index is 1.61. The van der Waals surface area contributed by atoms with Crippen LogP contribution in [0.15, 0.2) is 65.7 Å². The van der Waals surface area contributed by atoms with Gasteiger partial charge in [0.25, 0.3) is 0 Å². The summed E-state index contributed by atoms with van der Waals surface area (Å²) in [6.45, 7) is 4.53. The van der Waals surface area contributed by atoms with Gasteiger partial charge in [0, 0.05) is 26.7 Å². The number of nitrogens with zero attached hydrogens (tertiary/aromatic N) is 1. The first-order chi connectivity index (χ1) is 14.5. The molecule has 2 aromatic carbocycles. The van der Waals surface area contributed by atoms with Crippen molar-refractivity contribution >= 4 is 16.0 Å². The van der Waals surface area contributed by atoms with Gasteiger partial charge in [-0.2, -0.15) is 0 Å². The van der Waals surface area contributed by atoms with Crippen LogP contribution in [0, 0.1) is 5.92 Å². The quantitative estimate of drug-likeness (QED) is 0.353. The third-order valence-corrected chi connectivity index (χ3v) is 5.68. The number of nitrogens with one attached hydrogen (secondary N) is 3. The molecule has 7 nitrogen and oxygen atoms in total. The van der Waals surface area contributed by atoms with Crippen LogP contribution in [0.5, 0.6) is 0 Å². The molecule has 0 bridgehead atoms. The van der Waals surface area contributed by atoms with E-state index in [9.17, 15) is 8.42 Å². The fourth-order valence-electron chi connectivity index (χ4n) is 2.67. The third-order valence-electron chi connectivity index (χ3n) is 4.36. The Morgan fingerprint density at radius 2 is 1.63 bits per heavy atom. The summed E-state index contributed by atoms with van der Waals surface area (Å²) < 4.78 is 32.7. The molecule has 164 valence electrons. The average Bonchev–Trinajstić information content (AvgIpc) is 2.76. The second-order valence-electron chi connectivity index (χ2n) is 7.11. The minimum absolute atomic E-state index is 0.0315. The fraction of sp³-hybridized carbons (Fsp3) is 0.409. The van der Waals surface area contributed by atoms with Gasteiger partial charge in [-0.05, 0) is 17.0 Å². The molecule has 0 fully saturated rings. The van der Waals surface area contributed by atoms with Gasteiger partial charge in [0.15, 0.2) is 5.96 Å². The van der Waals surface area contributed by atoms with E-state index < -0.39 is 10.0 Å². The minimum atomic E-state index is -3.37. The Labute approximate surface area is 180 Å². The number of rotatable bonds is 12. The summed E-state index contributed by atoms with van der Waals surface area (Å²) >= 11 is 0. The Kier molecular flexibility index (Phi) is 10.3. The first-order valence-electron chi connectivity index (χ1n) is 10.1. The van der Waals surface area contributed by atoms with Crippen molar-refractivity contribution in [2.75, 3.05) is 32.5 Å². The monoisotopic (exact) mass is 432 g/mol. The van der Waals surface area contributed by atoms with Crippen LogP contribution in [0.1, 0.15) is 18.1 Å². The van der Waals surface area contributed by atoms with Crippen molar-refractivity contribution in [1.82, 2.24) is 15.4 Å². The van der Waals surface area contributed by atoms with Gasteiger partial charge >= 0.3 is 0 Å². The van der Waals surface area contributed by atoms with Crippen molar-refractivity contribution in [3.63, 3.8) is 0 Å². The van der Waals surface area contributed by atoms with Gasteiger partial charge in [0.1, 0.15) is 0 Å². The molecule has 8 heteroatoms. The second-order valence-corrected chi connectivity index (χ2v) is 9.04. The van der Waals surface area contributed by atoms with E-state index in [2.05, 4.69) is 27.3 Å². The van der Waals surface area contributed by atoms with E-state index in [4.69, 9.17) is 4.74 Å². The standard InChI is InChI=1S/C22H32N4O3S/c1-19(17-29-18-21-11-7-4-8-12-21)15-25-22(23-2)24-13-14-30(27,28)26-16-20-9-5-3-6-10-20/h3-12,19,26H,13-18H2,1-2H3,(H2,23,24,25). The topological polar surface area (TPSA) is 91.8 Å². The molecule has 2 rings (SSSR count). The van der Waals surface area contributed by atoms with Gasteiger partial charge in [-0.3, -0.25) is 4.99 Å². The highest BCUT2D eigenvalue weighted by atomic mass is 32.2. The van der Waals surface area contributed by atoms with Crippen molar-refractivity contribution in [1.29, 1.82) is 0 Å². The highest BCUT2D eigenvalue weighted by Crippen LogP contribution is 2.03. The number of sulfonamides is 1. The molecule has 0 radical (unpaired) electrons. The van der Waals surface area contributed by atoms with Crippen LogP contribution < -0.4 is 15.4 Å². The van der Waals surface area contributed by atoms with Crippen LogP contribution in [0.3, 0.4) is 0 Å². The van der Waals surface area contributed by atoms with E-state index >= 15 is 0 Å². The zero-order valence-corrected chi connectivity index (χ0v) is 18.5. The van der Waals surface area contributed by atoms with Crippen molar-refractivity contribution in [2.45, 2.75) is 20.1 Å². The molecule has 0 aromatic heterocycles. The lowest BCUT2D eigenvalue weighted by Gasteiger charge is -2.16. The van der Waals surface area contributed by atoms with E-state index in [0.29, 0.717) is 25.7 Å². The second kappa shape index (κ2) is 13.0. The van der Waals surface area contributed by atoms with E-state index in [-0.39, 0.29) is 24.8 Å². The molecular weight excluding hydrogens is 400 g/mol. The van der Waals surface area contributed by atoms with Crippen LogP contribution in [-0.4, -0.2) is 46.9 Å². The van der Waals surface area contributed by atoms with Gasteiger partial charge in [-0.25, -0.2) is 13.1 Å². The van der Waals surface area contributed by atoms with Crippen LogP contribution in [0.4, 0.5) is 0 Å². The molecule has 0 aliphatic rings. The van der Waals surface area contributed by atoms with Crippen LogP contribution in [0.2, 0.25) is 0 Å². The molecule has 0 saturated heterocycles. The molecule has 3 N–H and O–H groups in total. The number of hydrogen-bond donors (Lipinski definition) is 3. The largest absolute Gasteiger partial charge is 0.376 e. The van der Waals surface area contributed by atoms with Crippen LogP contribution >= 0.6 is 0 Å². The lowest BCUT2D eigenvalue weighted by atomic mass is 10.2. The van der Waals surface area contributed by atoms with Crippen molar-refractivity contribution in [3.8, 4) is 0 Å². The Bertz CT molecular complexity index is 858. The molecule has 0 aliphatic heterocycles. The third kappa shape index (κ3) is 9.87. The molecule has 0 heterocycles. The highest BCUT2D eigenvalue weighted by Gasteiger charge is 2.11. The molecule has 1 unspecified atom stereocenters. The van der Waals surface area contributed by atoms with Crippen LogP contribution in [0.25, 0.3) is 0 Å². The van der Waals surface area contributed by atoms with Gasteiger partial charge < -0.3 is 15.4 Å². The predicted octanol–water partition coefficient (Wildman–Crippen LogP) is 2.12. The maximum atomic E-state index is 12.1. The van der Waals surface area contributed by atoms with Crippen molar-refractivity contribution in [3.05, 3.63) is 71.8 Å². The molecule has 2 aromatic rings.